The number of anilines is 1. The summed E-state index contributed by atoms with van der Waals surface area (Å²) in [6.45, 7) is 0.820. The lowest BCUT2D eigenvalue weighted by Crippen LogP contribution is -2.44. The molecule has 2 rings (SSSR count). The Bertz CT molecular complexity index is 538. The van der Waals surface area contributed by atoms with E-state index in [0.717, 1.165) is 0 Å². The maximum Gasteiger partial charge on any atom is 0.321 e. The summed E-state index contributed by atoms with van der Waals surface area (Å²) >= 11 is 9.17. The Labute approximate surface area is 130 Å². The summed E-state index contributed by atoms with van der Waals surface area (Å²) in [7, 11) is 0. The monoisotopic (exact) mass is 360 g/mol. The second-order valence-corrected chi connectivity index (χ2v) is 5.94. The van der Waals surface area contributed by atoms with E-state index in [-0.39, 0.29) is 12.6 Å². The molecule has 2 amide bonds. The van der Waals surface area contributed by atoms with Crippen LogP contribution >= 0.6 is 27.5 Å². The van der Waals surface area contributed by atoms with Crippen LogP contribution in [0.4, 0.5) is 10.5 Å². The van der Waals surface area contributed by atoms with Gasteiger partial charge in [0.2, 0.25) is 0 Å². The first-order valence-electron chi connectivity index (χ1n) is 6.21. The predicted octanol–water partition coefficient (Wildman–Crippen LogP) is 3.43. The molecule has 108 valence electrons. The van der Waals surface area contributed by atoms with Gasteiger partial charge in [0.05, 0.1) is 10.9 Å². The summed E-state index contributed by atoms with van der Waals surface area (Å²) in [5.41, 5.74) is 0.615. The van der Waals surface area contributed by atoms with E-state index >= 15 is 0 Å². The van der Waals surface area contributed by atoms with E-state index in [4.69, 9.17) is 16.7 Å². The third kappa shape index (κ3) is 3.64. The van der Waals surface area contributed by atoms with E-state index in [1.807, 2.05) is 0 Å². The number of likely N-dealkylation sites (tertiary alicyclic amines) is 1. The van der Waals surface area contributed by atoms with E-state index in [9.17, 15) is 9.59 Å². The Balaban J connectivity index is 2.00. The highest BCUT2D eigenvalue weighted by molar-refractivity contribution is 9.10. The van der Waals surface area contributed by atoms with Gasteiger partial charge in [0.1, 0.15) is 0 Å². The number of carboxylic acids is 1. The van der Waals surface area contributed by atoms with E-state index in [1.165, 1.54) is 4.90 Å². The van der Waals surface area contributed by atoms with Crippen LogP contribution in [0.2, 0.25) is 5.02 Å². The highest BCUT2D eigenvalue weighted by Gasteiger charge is 2.28. The van der Waals surface area contributed by atoms with Crippen LogP contribution in [-0.2, 0) is 4.79 Å². The number of piperidine rings is 1. The molecule has 1 fully saturated rings. The van der Waals surface area contributed by atoms with Gasteiger partial charge in [-0.1, -0.05) is 11.6 Å². The molecular formula is C13H14BrClN2O3. The van der Waals surface area contributed by atoms with Crippen LogP contribution < -0.4 is 5.32 Å². The average Bonchev–Trinajstić information content (AvgIpc) is 2.43. The summed E-state index contributed by atoms with van der Waals surface area (Å²) in [6, 6.07) is 4.80. The maximum absolute atomic E-state index is 12.1. The van der Waals surface area contributed by atoms with Crippen molar-refractivity contribution in [3.63, 3.8) is 0 Å². The van der Waals surface area contributed by atoms with Crippen molar-refractivity contribution in [2.45, 2.75) is 12.8 Å². The Morgan fingerprint density at radius 2 is 2.20 bits per heavy atom. The number of nitrogens with zero attached hydrogens (tertiary/aromatic N) is 1. The molecule has 20 heavy (non-hydrogen) atoms. The van der Waals surface area contributed by atoms with Crippen molar-refractivity contribution in [3.8, 4) is 0 Å². The zero-order chi connectivity index (χ0) is 14.7. The normalized spacial score (nSPS) is 18.7. The van der Waals surface area contributed by atoms with Crippen LogP contribution in [0.5, 0.6) is 0 Å². The van der Waals surface area contributed by atoms with E-state index in [2.05, 4.69) is 21.2 Å². The lowest BCUT2D eigenvalue weighted by atomic mass is 9.99. The van der Waals surface area contributed by atoms with Gasteiger partial charge in [-0.15, -0.1) is 0 Å². The lowest BCUT2D eigenvalue weighted by molar-refractivity contribution is -0.143. The molecule has 1 aliphatic rings. The van der Waals surface area contributed by atoms with Crippen LogP contribution in [-0.4, -0.2) is 35.1 Å². The van der Waals surface area contributed by atoms with Gasteiger partial charge in [0.15, 0.2) is 0 Å². The van der Waals surface area contributed by atoms with Gasteiger partial charge >= 0.3 is 12.0 Å². The van der Waals surface area contributed by atoms with Gasteiger partial charge in [-0.3, -0.25) is 4.79 Å². The van der Waals surface area contributed by atoms with Crippen molar-refractivity contribution in [1.82, 2.24) is 4.90 Å². The first kappa shape index (κ1) is 15.1. The van der Waals surface area contributed by atoms with Crippen molar-refractivity contribution in [3.05, 3.63) is 27.7 Å². The molecule has 0 aliphatic carbocycles. The van der Waals surface area contributed by atoms with Crippen molar-refractivity contribution in [2.24, 2.45) is 5.92 Å². The molecule has 7 heteroatoms. The molecule has 0 aromatic heterocycles. The zero-order valence-electron chi connectivity index (χ0n) is 10.6. The quantitative estimate of drug-likeness (QED) is 0.848. The van der Waals surface area contributed by atoms with E-state index < -0.39 is 11.9 Å². The summed E-state index contributed by atoms with van der Waals surface area (Å²) < 4.78 is 0.694. The smallest absolute Gasteiger partial charge is 0.321 e. The van der Waals surface area contributed by atoms with E-state index in [0.29, 0.717) is 34.6 Å². The number of rotatable bonds is 2. The minimum absolute atomic E-state index is 0.246. The van der Waals surface area contributed by atoms with Gasteiger partial charge in [-0.05, 0) is 47.0 Å². The second kappa shape index (κ2) is 6.45. The Morgan fingerprint density at radius 1 is 1.45 bits per heavy atom. The van der Waals surface area contributed by atoms with Crippen LogP contribution in [0.1, 0.15) is 12.8 Å². The van der Waals surface area contributed by atoms with Crippen LogP contribution in [0.25, 0.3) is 0 Å². The molecule has 0 radical (unpaired) electrons. The summed E-state index contributed by atoms with van der Waals surface area (Å²) in [5, 5.41) is 12.3. The molecule has 1 atom stereocenters. The standard InChI is InChI=1S/C13H14BrClN2O3/c14-10-6-9(3-4-11(10)15)16-13(20)17-5-1-2-8(7-17)12(18)19/h3-4,6,8H,1-2,5,7H2,(H,16,20)(H,18,19)/t8-/m0/s1. The van der Waals surface area contributed by atoms with Gasteiger partial charge in [-0.25, -0.2) is 4.79 Å². The minimum atomic E-state index is -0.850. The molecule has 2 N–H and O–H groups in total. The molecule has 1 saturated heterocycles. The first-order chi connectivity index (χ1) is 9.47. The third-order valence-corrected chi connectivity index (χ3v) is 4.44. The van der Waals surface area contributed by atoms with Gasteiger partial charge in [0, 0.05) is 23.2 Å². The predicted molar refractivity (Wildman–Crippen MR) is 80.1 cm³/mol. The SMILES string of the molecule is O=C(O)[C@H]1CCCN(C(=O)Nc2ccc(Cl)c(Br)c2)C1. The lowest BCUT2D eigenvalue weighted by Gasteiger charge is -2.30. The fraction of sp³-hybridized carbons (Fsp3) is 0.385. The number of urea groups is 1. The minimum Gasteiger partial charge on any atom is -0.481 e. The third-order valence-electron chi connectivity index (χ3n) is 3.23. The average molecular weight is 362 g/mol. The molecular weight excluding hydrogens is 348 g/mol. The number of hydrogen-bond acceptors (Lipinski definition) is 2. The number of aliphatic carboxylic acids is 1. The molecule has 1 aromatic carbocycles. The zero-order valence-corrected chi connectivity index (χ0v) is 12.9. The van der Waals surface area contributed by atoms with Gasteiger partial charge < -0.3 is 15.3 Å². The number of carbonyl (C=O) groups excluding carboxylic acids is 1. The summed E-state index contributed by atoms with van der Waals surface area (Å²) in [4.78, 5) is 24.6. The first-order valence-corrected chi connectivity index (χ1v) is 7.38. The summed E-state index contributed by atoms with van der Waals surface area (Å²) in [5.74, 6) is -1.33. The number of amides is 2. The van der Waals surface area contributed by atoms with Crippen molar-refractivity contribution < 1.29 is 14.7 Å². The number of halogens is 2. The van der Waals surface area contributed by atoms with Crippen molar-refractivity contribution >= 4 is 45.2 Å². The van der Waals surface area contributed by atoms with E-state index in [1.54, 1.807) is 18.2 Å². The fourth-order valence-electron chi connectivity index (χ4n) is 2.14. The molecule has 0 spiro atoms. The highest BCUT2D eigenvalue weighted by atomic mass is 79.9. The molecule has 0 unspecified atom stereocenters. The molecule has 5 nitrogen and oxygen atoms in total. The molecule has 0 saturated carbocycles. The number of hydrogen-bond donors (Lipinski definition) is 2. The fourth-order valence-corrected chi connectivity index (χ4v) is 2.64. The molecule has 1 aliphatic heterocycles. The van der Waals surface area contributed by atoms with Gasteiger partial charge in [0.25, 0.3) is 0 Å². The van der Waals surface area contributed by atoms with Crippen molar-refractivity contribution in [1.29, 1.82) is 0 Å². The topological polar surface area (TPSA) is 69.6 Å². The number of nitrogens with one attached hydrogen (secondary N) is 1. The largest absolute Gasteiger partial charge is 0.481 e. The molecule has 1 heterocycles. The maximum atomic E-state index is 12.1. The Kier molecular flexibility index (Phi) is 4.88. The van der Waals surface area contributed by atoms with Crippen LogP contribution in [0.15, 0.2) is 22.7 Å². The summed E-state index contributed by atoms with van der Waals surface area (Å²) in [6.07, 6.45) is 1.32. The molecule has 0 bridgehead atoms. The number of carbonyl (C=O) groups is 2. The Morgan fingerprint density at radius 3 is 2.85 bits per heavy atom. The van der Waals surface area contributed by atoms with Crippen molar-refractivity contribution in [2.75, 3.05) is 18.4 Å². The van der Waals surface area contributed by atoms with Crippen LogP contribution in [0.3, 0.4) is 0 Å². The van der Waals surface area contributed by atoms with Gasteiger partial charge in [-0.2, -0.15) is 0 Å². The molecule has 1 aromatic rings. The Hall–Kier alpha value is -1.27. The second-order valence-electron chi connectivity index (χ2n) is 4.68. The highest BCUT2D eigenvalue weighted by Crippen LogP contribution is 2.26. The van der Waals surface area contributed by atoms with Crippen LogP contribution in [0, 0.1) is 5.92 Å². The number of benzene rings is 1. The number of carboxylic acid groups (broad SMARTS) is 1.